The van der Waals surface area contributed by atoms with Crippen molar-refractivity contribution in [2.24, 2.45) is 0 Å². The van der Waals surface area contributed by atoms with Gasteiger partial charge in [0.15, 0.2) is 0 Å². The van der Waals surface area contributed by atoms with Gasteiger partial charge in [0, 0.05) is 18.7 Å². The molecule has 1 aromatic rings. The molecule has 0 fully saturated rings. The summed E-state index contributed by atoms with van der Waals surface area (Å²) in [6.45, 7) is 4.16. The van der Waals surface area contributed by atoms with Crippen molar-refractivity contribution in [2.75, 3.05) is 19.8 Å². The highest BCUT2D eigenvalue weighted by Gasteiger charge is 2.22. The molecule has 1 aromatic carbocycles. The molecule has 0 unspecified atom stereocenters. The van der Waals surface area contributed by atoms with E-state index in [4.69, 9.17) is 9.84 Å². The number of ether oxygens (including phenoxy) is 1. The molecule has 0 aliphatic heterocycles. The van der Waals surface area contributed by atoms with E-state index in [0.717, 1.165) is 12.1 Å². The van der Waals surface area contributed by atoms with Gasteiger partial charge in [-0.05, 0) is 51.3 Å². The molecule has 0 heterocycles. The highest BCUT2D eigenvalue weighted by atomic mass is 19.1. The smallest absolute Gasteiger partial charge is 0.410 e. The first-order chi connectivity index (χ1) is 11.2. The molecule has 7 heteroatoms. The van der Waals surface area contributed by atoms with Crippen molar-refractivity contribution >= 4 is 6.09 Å². The van der Waals surface area contributed by atoms with Gasteiger partial charge in [-0.3, -0.25) is 4.39 Å². The van der Waals surface area contributed by atoms with Gasteiger partial charge in [0.25, 0.3) is 0 Å². The Bertz CT molecular complexity index is 535. The van der Waals surface area contributed by atoms with E-state index in [2.05, 4.69) is 0 Å². The second-order valence-electron chi connectivity index (χ2n) is 6.46. The summed E-state index contributed by atoms with van der Waals surface area (Å²) in [7, 11) is 0. The largest absolute Gasteiger partial charge is 0.444 e. The summed E-state index contributed by atoms with van der Waals surface area (Å²) in [5, 5.41) is 8.90. The molecular formula is C17H24F3NO3. The minimum Gasteiger partial charge on any atom is -0.444 e. The Kier molecular flexibility index (Phi) is 7.54. The maximum atomic E-state index is 13.7. The Hall–Kier alpha value is -1.76. The van der Waals surface area contributed by atoms with Crippen LogP contribution in [-0.4, -0.2) is 41.5 Å². The molecule has 0 saturated carbocycles. The van der Waals surface area contributed by atoms with Gasteiger partial charge in [-0.1, -0.05) is 0 Å². The molecule has 0 saturated heterocycles. The molecule has 1 rings (SSSR count). The topological polar surface area (TPSA) is 49.8 Å². The van der Waals surface area contributed by atoms with Crippen LogP contribution in [0.1, 0.15) is 38.3 Å². The van der Waals surface area contributed by atoms with E-state index in [1.165, 1.54) is 4.90 Å². The summed E-state index contributed by atoms with van der Waals surface area (Å²) in [4.78, 5) is 13.4. The number of rotatable bonds is 7. The van der Waals surface area contributed by atoms with Gasteiger partial charge in [-0.25, -0.2) is 13.6 Å². The second kappa shape index (κ2) is 8.92. The highest BCUT2D eigenvalue weighted by molar-refractivity contribution is 5.68. The fourth-order valence-corrected chi connectivity index (χ4v) is 2.09. The van der Waals surface area contributed by atoms with E-state index in [0.29, 0.717) is 5.56 Å². The van der Waals surface area contributed by atoms with E-state index in [1.54, 1.807) is 20.8 Å². The van der Waals surface area contributed by atoms with Crippen LogP contribution >= 0.6 is 0 Å². The van der Waals surface area contributed by atoms with Gasteiger partial charge in [0.05, 0.1) is 13.3 Å². The summed E-state index contributed by atoms with van der Waals surface area (Å²) < 4.78 is 45.0. The Morgan fingerprint density at radius 3 is 2.25 bits per heavy atom. The fraction of sp³-hybridized carbons (Fsp3) is 0.588. The van der Waals surface area contributed by atoms with Crippen LogP contribution in [0.15, 0.2) is 12.1 Å². The van der Waals surface area contributed by atoms with Crippen LogP contribution in [0, 0.1) is 11.6 Å². The first-order valence-corrected chi connectivity index (χ1v) is 7.79. The molecule has 1 N–H and O–H groups in total. The van der Waals surface area contributed by atoms with Crippen molar-refractivity contribution in [3.05, 3.63) is 34.9 Å². The van der Waals surface area contributed by atoms with E-state index < -0.39 is 36.6 Å². The van der Waals surface area contributed by atoms with Gasteiger partial charge >= 0.3 is 6.09 Å². The third-order valence-corrected chi connectivity index (χ3v) is 3.24. The number of hydrogen-bond donors (Lipinski definition) is 1. The molecular weight excluding hydrogens is 323 g/mol. The number of aliphatic hydroxyl groups excluding tert-OH is 1. The second-order valence-corrected chi connectivity index (χ2v) is 6.46. The average molecular weight is 347 g/mol. The number of halogens is 3. The van der Waals surface area contributed by atoms with Crippen molar-refractivity contribution in [1.29, 1.82) is 0 Å². The van der Waals surface area contributed by atoms with Gasteiger partial charge in [-0.2, -0.15) is 0 Å². The Morgan fingerprint density at radius 1 is 1.21 bits per heavy atom. The van der Waals surface area contributed by atoms with E-state index in [9.17, 15) is 18.0 Å². The number of carbonyl (C=O) groups is 1. The lowest BCUT2D eigenvalue weighted by molar-refractivity contribution is 0.0247. The third-order valence-electron chi connectivity index (χ3n) is 3.24. The van der Waals surface area contributed by atoms with Crippen molar-refractivity contribution < 1.29 is 27.8 Å². The number of hydrogen-bond acceptors (Lipinski definition) is 3. The predicted molar refractivity (Wildman–Crippen MR) is 84.4 cm³/mol. The van der Waals surface area contributed by atoms with Crippen molar-refractivity contribution in [1.82, 2.24) is 4.90 Å². The summed E-state index contributed by atoms with van der Waals surface area (Å²) in [6, 6.07) is 2.24. The standard InChI is InChI=1S/C17H24F3NO3/c1-17(2,3)24-16(23)21(7-4-6-18)8-5-12-9-14(19)13(11-22)15(20)10-12/h9-10,22H,4-8,11H2,1-3H3. The predicted octanol–water partition coefficient (Wildman–Crippen LogP) is 3.60. The molecule has 24 heavy (non-hydrogen) atoms. The monoisotopic (exact) mass is 347 g/mol. The lowest BCUT2D eigenvalue weighted by Crippen LogP contribution is -2.38. The zero-order valence-electron chi connectivity index (χ0n) is 14.2. The van der Waals surface area contributed by atoms with Crippen molar-refractivity contribution in [3.63, 3.8) is 0 Å². The fourth-order valence-electron chi connectivity index (χ4n) is 2.09. The Morgan fingerprint density at radius 2 is 1.79 bits per heavy atom. The molecule has 136 valence electrons. The lowest BCUT2D eigenvalue weighted by Gasteiger charge is -2.27. The lowest BCUT2D eigenvalue weighted by atomic mass is 10.1. The number of amides is 1. The van der Waals surface area contributed by atoms with E-state index in [-0.39, 0.29) is 31.5 Å². The maximum absolute atomic E-state index is 13.7. The van der Waals surface area contributed by atoms with E-state index in [1.807, 2.05) is 0 Å². The minimum absolute atomic E-state index is 0.145. The molecule has 4 nitrogen and oxygen atoms in total. The quantitative estimate of drug-likeness (QED) is 0.820. The van der Waals surface area contributed by atoms with Crippen LogP contribution in [0.25, 0.3) is 0 Å². The molecule has 0 bridgehead atoms. The minimum atomic E-state index is -0.833. The first-order valence-electron chi connectivity index (χ1n) is 7.79. The number of nitrogens with zero attached hydrogens (tertiary/aromatic N) is 1. The zero-order valence-corrected chi connectivity index (χ0v) is 14.2. The Labute approximate surface area is 140 Å². The summed E-state index contributed by atoms with van der Waals surface area (Å²) >= 11 is 0. The Balaban J connectivity index is 2.79. The van der Waals surface area contributed by atoms with Crippen LogP contribution in [0.2, 0.25) is 0 Å². The van der Waals surface area contributed by atoms with Gasteiger partial charge in [-0.15, -0.1) is 0 Å². The SMILES string of the molecule is CC(C)(C)OC(=O)N(CCCF)CCc1cc(F)c(CO)c(F)c1. The highest BCUT2D eigenvalue weighted by Crippen LogP contribution is 2.17. The zero-order chi connectivity index (χ0) is 18.3. The molecule has 0 aromatic heterocycles. The van der Waals surface area contributed by atoms with E-state index >= 15 is 0 Å². The molecule has 0 spiro atoms. The molecule has 0 aliphatic rings. The van der Waals surface area contributed by atoms with Crippen LogP contribution in [0.4, 0.5) is 18.0 Å². The summed E-state index contributed by atoms with van der Waals surface area (Å²) in [5.41, 5.74) is -0.734. The molecule has 0 atom stereocenters. The normalized spacial score (nSPS) is 11.5. The van der Waals surface area contributed by atoms with Crippen LogP contribution in [-0.2, 0) is 17.8 Å². The van der Waals surface area contributed by atoms with Gasteiger partial charge < -0.3 is 14.7 Å². The van der Waals surface area contributed by atoms with Crippen LogP contribution < -0.4 is 0 Å². The van der Waals surface area contributed by atoms with Gasteiger partial charge in [0.2, 0.25) is 0 Å². The summed E-state index contributed by atoms with van der Waals surface area (Å²) in [6.07, 6.45) is -0.250. The number of aliphatic hydroxyl groups is 1. The number of alkyl halides is 1. The summed E-state index contributed by atoms with van der Waals surface area (Å²) in [5.74, 6) is -1.67. The number of carbonyl (C=O) groups excluding carboxylic acids is 1. The van der Waals surface area contributed by atoms with Crippen LogP contribution in [0.5, 0.6) is 0 Å². The molecule has 0 aliphatic carbocycles. The first kappa shape index (κ1) is 20.3. The van der Waals surface area contributed by atoms with Gasteiger partial charge in [0.1, 0.15) is 17.2 Å². The van der Waals surface area contributed by atoms with Crippen molar-refractivity contribution in [3.8, 4) is 0 Å². The van der Waals surface area contributed by atoms with Crippen LogP contribution in [0.3, 0.4) is 0 Å². The third kappa shape index (κ3) is 6.39. The maximum Gasteiger partial charge on any atom is 0.410 e. The molecule has 0 radical (unpaired) electrons. The molecule has 1 amide bonds. The number of benzene rings is 1. The average Bonchev–Trinajstić information content (AvgIpc) is 2.45. The van der Waals surface area contributed by atoms with Crippen molar-refractivity contribution in [2.45, 2.75) is 45.8 Å².